The van der Waals surface area contributed by atoms with Gasteiger partial charge in [0.25, 0.3) is 5.91 Å². The largest absolute Gasteiger partial charge is 0.300 e. The van der Waals surface area contributed by atoms with E-state index >= 15 is 0 Å². The van der Waals surface area contributed by atoms with Crippen molar-refractivity contribution in [2.24, 2.45) is 5.41 Å². The maximum atomic E-state index is 14.7. The molecule has 0 aromatic heterocycles. The van der Waals surface area contributed by atoms with Gasteiger partial charge in [0.05, 0.1) is 0 Å². The fraction of sp³-hybridized carbons (Fsp3) is 0.667. The van der Waals surface area contributed by atoms with Gasteiger partial charge in [-0.25, -0.2) is 9.87 Å². The van der Waals surface area contributed by atoms with Gasteiger partial charge >= 0.3 is 0 Å². The average Bonchev–Trinajstić information content (AvgIpc) is 3.52. The molecule has 2 aliphatic carbocycles. The van der Waals surface area contributed by atoms with Crippen molar-refractivity contribution in [1.29, 1.82) is 0 Å². The Kier molecular flexibility index (Phi) is 4.26. The van der Waals surface area contributed by atoms with Crippen molar-refractivity contribution in [2.75, 3.05) is 19.6 Å². The number of fused-ring (bicyclic) bond motifs is 1. The molecule has 6 heteroatoms. The highest BCUT2D eigenvalue weighted by molar-refractivity contribution is 5.93. The summed E-state index contributed by atoms with van der Waals surface area (Å²) >= 11 is 0. The van der Waals surface area contributed by atoms with Crippen molar-refractivity contribution in [3.63, 3.8) is 0 Å². The second kappa shape index (κ2) is 6.54. The number of nitrogens with zero attached hydrogens (tertiary/aromatic N) is 2. The number of benzene rings is 1. The Balaban J connectivity index is 1.34. The Bertz CT molecular complexity index is 766. The molecule has 1 spiro atoms. The zero-order chi connectivity index (χ0) is 18.6. The lowest BCUT2D eigenvalue weighted by atomic mass is 9.59. The molecule has 1 amide bonds. The number of halogens is 1. The van der Waals surface area contributed by atoms with E-state index in [1.807, 2.05) is 0 Å². The van der Waals surface area contributed by atoms with Crippen molar-refractivity contribution in [3.05, 3.63) is 34.6 Å². The summed E-state index contributed by atoms with van der Waals surface area (Å²) in [6.07, 6.45) is 8.63. The number of likely N-dealkylation sites (tertiary alicyclic amines) is 1. The topological polar surface area (TPSA) is 55.8 Å². The quantitative estimate of drug-likeness (QED) is 0.632. The number of hydroxylamine groups is 1. The molecule has 1 aromatic carbocycles. The Labute approximate surface area is 159 Å². The number of carbonyl (C=O) groups is 1. The van der Waals surface area contributed by atoms with E-state index in [-0.39, 0.29) is 11.4 Å². The van der Waals surface area contributed by atoms with E-state index in [4.69, 9.17) is 5.21 Å². The lowest BCUT2D eigenvalue weighted by Crippen LogP contribution is -2.62. The van der Waals surface area contributed by atoms with Crippen molar-refractivity contribution < 1.29 is 14.4 Å². The van der Waals surface area contributed by atoms with Gasteiger partial charge in [-0.3, -0.25) is 19.8 Å². The molecule has 0 bridgehead atoms. The van der Waals surface area contributed by atoms with Crippen molar-refractivity contribution in [3.8, 4) is 0 Å². The van der Waals surface area contributed by atoms with Crippen molar-refractivity contribution in [2.45, 2.75) is 63.6 Å². The Morgan fingerprint density at radius 3 is 2.74 bits per heavy atom. The highest BCUT2D eigenvalue weighted by Gasteiger charge is 2.52. The molecule has 2 aliphatic heterocycles. The molecule has 2 heterocycles. The zero-order valence-electron chi connectivity index (χ0n) is 15.7. The van der Waals surface area contributed by atoms with Crippen LogP contribution in [-0.4, -0.2) is 52.6 Å². The van der Waals surface area contributed by atoms with E-state index in [1.165, 1.54) is 57.7 Å². The fourth-order valence-electron chi connectivity index (χ4n) is 5.78. The van der Waals surface area contributed by atoms with Gasteiger partial charge in [-0.1, -0.05) is 0 Å². The summed E-state index contributed by atoms with van der Waals surface area (Å²) in [6.45, 7) is 4.04. The molecule has 5 rings (SSSR count). The first-order chi connectivity index (χ1) is 13.1. The van der Waals surface area contributed by atoms with E-state index in [0.29, 0.717) is 18.0 Å². The standard InChI is InChI=1S/C21H28FN3O2/c22-18-11-15(20(26)23-27)10-14-5-9-24(12-17(14)18)19-4-7-21(19)6-1-8-25(13-21)16-2-3-16/h10-11,16,19,27H,1-9,12-13H2,(H,23,26)/t19?,21-/m1/s1. The minimum absolute atomic E-state index is 0.190. The van der Waals surface area contributed by atoms with E-state index in [9.17, 15) is 9.18 Å². The van der Waals surface area contributed by atoms with Gasteiger partial charge in [0.15, 0.2) is 0 Å². The molecule has 3 fully saturated rings. The first-order valence-electron chi connectivity index (χ1n) is 10.3. The highest BCUT2D eigenvalue weighted by atomic mass is 19.1. The molecular formula is C21H28FN3O2. The lowest BCUT2D eigenvalue weighted by Gasteiger charge is -2.59. The third kappa shape index (κ3) is 2.98. The smallest absolute Gasteiger partial charge is 0.274 e. The second-order valence-corrected chi connectivity index (χ2v) is 8.98. The monoisotopic (exact) mass is 373 g/mol. The molecule has 2 N–H and O–H groups in total. The third-order valence-corrected chi connectivity index (χ3v) is 7.45. The first-order valence-corrected chi connectivity index (χ1v) is 10.3. The predicted octanol–water partition coefficient (Wildman–Crippen LogP) is 2.71. The number of carbonyl (C=O) groups excluding carboxylic acids is 1. The summed E-state index contributed by atoms with van der Waals surface area (Å²) in [4.78, 5) is 16.8. The van der Waals surface area contributed by atoms with Crippen molar-refractivity contribution >= 4 is 5.91 Å². The van der Waals surface area contributed by atoms with Gasteiger partial charge in [0.2, 0.25) is 0 Å². The molecule has 27 heavy (non-hydrogen) atoms. The van der Waals surface area contributed by atoms with E-state index in [1.54, 1.807) is 11.5 Å². The van der Waals surface area contributed by atoms with Crippen LogP contribution < -0.4 is 5.48 Å². The molecule has 5 nitrogen and oxygen atoms in total. The Morgan fingerprint density at radius 1 is 1.19 bits per heavy atom. The van der Waals surface area contributed by atoms with Gasteiger partial charge in [-0.05, 0) is 74.6 Å². The molecule has 1 aromatic rings. The Hall–Kier alpha value is -1.50. The normalized spacial score (nSPS) is 31.4. The fourth-order valence-corrected chi connectivity index (χ4v) is 5.78. The summed E-state index contributed by atoms with van der Waals surface area (Å²) in [5.74, 6) is -0.980. The van der Waals surface area contributed by atoms with Gasteiger partial charge in [-0.2, -0.15) is 0 Å². The lowest BCUT2D eigenvalue weighted by molar-refractivity contribution is -0.0819. The molecule has 2 saturated carbocycles. The Morgan fingerprint density at radius 2 is 2.04 bits per heavy atom. The maximum Gasteiger partial charge on any atom is 0.274 e. The van der Waals surface area contributed by atoms with Crippen LogP contribution in [0.2, 0.25) is 0 Å². The number of hydrogen-bond acceptors (Lipinski definition) is 4. The minimum atomic E-state index is -0.653. The number of piperidine rings is 1. The van der Waals surface area contributed by atoms with Crippen LogP contribution in [-0.2, 0) is 13.0 Å². The molecule has 4 aliphatic rings. The maximum absolute atomic E-state index is 14.7. The van der Waals surface area contributed by atoms with Crippen LogP contribution >= 0.6 is 0 Å². The van der Waals surface area contributed by atoms with E-state index in [2.05, 4.69) is 9.80 Å². The van der Waals surface area contributed by atoms with Crippen LogP contribution in [0.1, 0.15) is 60.0 Å². The van der Waals surface area contributed by atoms with Crippen LogP contribution in [0.4, 0.5) is 4.39 Å². The highest BCUT2D eigenvalue weighted by Crippen LogP contribution is 2.52. The number of nitrogens with one attached hydrogen (secondary N) is 1. The molecular weight excluding hydrogens is 345 g/mol. The first kappa shape index (κ1) is 17.6. The van der Waals surface area contributed by atoms with E-state index in [0.717, 1.165) is 30.1 Å². The van der Waals surface area contributed by atoms with E-state index < -0.39 is 5.91 Å². The van der Waals surface area contributed by atoms with Crippen LogP contribution in [0.25, 0.3) is 0 Å². The summed E-state index contributed by atoms with van der Waals surface area (Å²) in [5.41, 5.74) is 3.83. The number of amides is 1. The molecule has 2 atom stereocenters. The van der Waals surface area contributed by atoms with Gasteiger partial charge in [0, 0.05) is 42.8 Å². The summed E-state index contributed by atoms with van der Waals surface area (Å²) in [5, 5.41) is 8.81. The molecule has 0 radical (unpaired) electrons. The summed E-state index contributed by atoms with van der Waals surface area (Å²) < 4.78 is 14.7. The number of rotatable bonds is 3. The average molecular weight is 373 g/mol. The molecule has 1 saturated heterocycles. The van der Waals surface area contributed by atoms with Crippen molar-refractivity contribution in [1.82, 2.24) is 15.3 Å². The van der Waals surface area contributed by atoms with Gasteiger partial charge in [-0.15, -0.1) is 0 Å². The van der Waals surface area contributed by atoms with Gasteiger partial charge < -0.3 is 0 Å². The van der Waals surface area contributed by atoms with Gasteiger partial charge in [0.1, 0.15) is 5.82 Å². The van der Waals surface area contributed by atoms with Crippen LogP contribution in [0.5, 0.6) is 0 Å². The predicted molar refractivity (Wildman–Crippen MR) is 99.1 cm³/mol. The SMILES string of the molecule is O=C(NO)c1cc(F)c2c(c1)CCN(C1CC[C@@]13CCCN(C1CC1)C3)C2. The molecule has 146 valence electrons. The van der Waals surface area contributed by atoms with Crippen LogP contribution in [0, 0.1) is 11.2 Å². The second-order valence-electron chi connectivity index (χ2n) is 8.98. The zero-order valence-corrected chi connectivity index (χ0v) is 15.7. The van der Waals surface area contributed by atoms with Crippen LogP contribution in [0.3, 0.4) is 0 Å². The third-order valence-electron chi connectivity index (χ3n) is 7.45. The minimum Gasteiger partial charge on any atom is -0.300 e. The summed E-state index contributed by atoms with van der Waals surface area (Å²) in [7, 11) is 0. The van der Waals surface area contributed by atoms with Crippen LogP contribution in [0.15, 0.2) is 12.1 Å². The number of hydrogen-bond donors (Lipinski definition) is 2. The molecule has 1 unspecified atom stereocenters. The summed E-state index contributed by atoms with van der Waals surface area (Å²) in [6, 6.07) is 4.37.